The Bertz CT molecular complexity index is 559. The normalized spacial score (nSPS) is 10.2. The van der Waals surface area contributed by atoms with Gasteiger partial charge in [0.2, 0.25) is 11.6 Å². The minimum absolute atomic E-state index is 0.149. The Balaban J connectivity index is 2.09. The van der Waals surface area contributed by atoms with E-state index in [1.165, 1.54) is 6.33 Å². The molecule has 0 spiro atoms. The van der Waals surface area contributed by atoms with Crippen LogP contribution >= 0.6 is 11.3 Å². The van der Waals surface area contributed by atoms with Crippen LogP contribution in [0.4, 0.5) is 17.3 Å². The molecule has 0 amide bonds. The summed E-state index contributed by atoms with van der Waals surface area (Å²) in [6, 6.07) is 0. The number of rotatable bonds is 6. The van der Waals surface area contributed by atoms with Crippen LogP contribution in [0.5, 0.6) is 0 Å². The summed E-state index contributed by atoms with van der Waals surface area (Å²) in [5.41, 5.74) is -0.149. The zero-order valence-electron chi connectivity index (χ0n) is 10.2. The molecule has 0 radical (unpaired) electrons. The molecule has 0 aliphatic rings. The van der Waals surface area contributed by atoms with Gasteiger partial charge in [-0.05, 0) is 0 Å². The summed E-state index contributed by atoms with van der Waals surface area (Å²) < 4.78 is 0. The Kier molecular flexibility index (Phi) is 4.18. The van der Waals surface area contributed by atoms with Crippen molar-refractivity contribution in [3.63, 3.8) is 0 Å². The van der Waals surface area contributed by atoms with Crippen LogP contribution in [0.25, 0.3) is 0 Å². The van der Waals surface area contributed by atoms with Crippen molar-refractivity contribution < 1.29 is 4.92 Å². The third-order valence-corrected chi connectivity index (χ3v) is 3.20. The predicted octanol–water partition coefficient (Wildman–Crippen LogP) is 1.54. The van der Waals surface area contributed by atoms with Crippen LogP contribution in [-0.2, 0) is 6.42 Å². The standard InChI is InChI=1S/C10H12N6O2S/c1-11-9-8(16(17)18)10(15-6-14-9)13-3-2-7-12-4-5-19-7/h4-6H,2-3H2,1H3,(H2,11,13,14,15). The van der Waals surface area contributed by atoms with E-state index < -0.39 is 4.92 Å². The molecule has 8 nitrogen and oxygen atoms in total. The highest BCUT2D eigenvalue weighted by Crippen LogP contribution is 2.28. The minimum atomic E-state index is -0.502. The molecule has 2 aromatic rings. The summed E-state index contributed by atoms with van der Waals surface area (Å²) in [4.78, 5) is 22.4. The Labute approximate surface area is 113 Å². The minimum Gasteiger partial charge on any atom is -0.367 e. The molecule has 0 bridgehead atoms. The lowest BCUT2D eigenvalue weighted by Gasteiger charge is -2.07. The highest BCUT2D eigenvalue weighted by atomic mass is 32.1. The van der Waals surface area contributed by atoms with E-state index in [0.717, 1.165) is 5.01 Å². The largest absolute Gasteiger partial charge is 0.367 e. The summed E-state index contributed by atoms with van der Waals surface area (Å²) in [6.45, 7) is 0.522. The van der Waals surface area contributed by atoms with E-state index in [2.05, 4.69) is 25.6 Å². The quantitative estimate of drug-likeness (QED) is 0.610. The van der Waals surface area contributed by atoms with Gasteiger partial charge >= 0.3 is 5.69 Å². The molecule has 0 atom stereocenters. The van der Waals surface area contributed by atoms with Gasteiger partial charge in [-0.25, -0.2) is 15.0 Å². The summed E-state index contributed by atoms with van der Waals surface area (Å²) >= 11 is 1.55. The monoisotopic (exact) mass is 280 g/mol. The summed E-state index contributed by atoms with van der Waals surface area (Å²) in [7, 11) is 1.58. The molecule has 2 N–H and O–H groups in total. The van der Waals surface area contributed by atoms with Gasteiger partial charge in [0.25, 0.3) is 0 Å². The average Bonchev–Trinajstić information content (AvgIpc) is 2.91. The van der Waals surface area contributed by atoms with E-state index >= 15 is 0 Å². The van der Waals surface area contributed by atoms with E-state index in [9.17, 15) is 10.1 Å². The first-order chi connectivity index (χ1) is 9.22. The van der Waals surface area contributed by atoms with Crippen LogP contribution in [0.2, 0.25) is 0 Å². The number of nitrogens with zero attached hydrogens (tertiary/aromatic N) is 4. The van der Waals surface area contributed by atoms with E-state index in [4.69, 9.17) is 0 Å². The fourth-order valence-corrected chi connectivity index (χ4v) is 2.15. The summed E-state index contributed by atoms with van der Waals surface area (Å²) in [5.74, 6) is 0.401. The molecule has 2 heterocycles. The molecule has 19 heavy (non-hydrogen) atoms. The van der Waals surface area contributed by atoms with Crippen molar-refractivity contribution in [2.75, 3.05) is 24.2 Å². The maximum Gasteiger partial charge on any atom is 0.353 e. The van der Waals surface area contributed by atoms with Crippen molar-refractivity contribution in [2.24, 2.45) is 0 Å². The molecule has 2 aromatic heterocycles. The van der Waals surface area contributed by atoms with Crippen LogP contribution in [0, 0.1) is 10.1 Å². The van der Waals surface area contributed by atoms with Gasteiger partial charge < -0.3 is 10.6 Å². The molecule has 0 aliphatic heterocycles. The number of nitro groups is 1. The van der Waals surface area contributed by atoms with Crippen molar-refractivity contribution in [3.05, 3.63) is 33.0 Å². The average molecular weight is 280 g/mol. The lowest BCUT2D eigenvalue weighted by molar-refractivity contribution is -0.383. The van der Waals surface area contributed by atoms with Gasteiger partial charge in [-0.2, -0.15) is 0 Å². The summed E-state index contributed by atoms with van der Waals surface area (Å²) in [5, 5.41) is 19.5. The predicted molar refractivity (Wildman–Crippen MR) is 72.5 cm³/mol. The second-order valence-electron chi connectivity index (χ2n) is 3.53. The van der Waals surface area contributed by atoms with Gasteiger partial charge in [-0.3, -0.25) is 10.1 Å². The van der Waals surface area contributed by atoms with Crippen molar-refractivity contribution in [1.82, 2.24) is 15.0 Å². The molecule has 2 rings (SSSR count). The summed E-state index contributed by atoms with van der Waals surface area (Å²) in [6.07, 6.45) is 3.70. The fraction of sp³-hybridized carbons (Fsp3) is 0.300. The molecule has 0 saturated heterocycles. The number of hydrogen-bond acceptors (Lipinski definition) is 8. The van der Waals surface area contributed by atoms with Crippen molar-refractivity contribution in [1.29, 1.82) is 0 Å². The number of hydrogen-bond donors (Lipinski definition) is 2. The van der Waals surface area contributed by atoms with Gasteiger partial charge in [0.05, 0.1) is 9.93 Å². The van der Waals surface area contributed by atoms with Crippen LogP contribution < -0.4 is 10.6 Å². The second kappa shape index (κ2) is 6.05. The van der Waals surface area contributed by atoms with Gasteiger partial charge in [0.1, 0.15) is 6.33 Å². The zero-order valence-corrected chi connectivity index (χ0v) is 11.0. The Morgan fingerprint density at radius 1 is 1.37 bits per heavy atom. The first-order valence-corrected chi connectivity index (χ1v) is 6.39. The van der Waals surface area contributed by atoms with Crippen molar-refractivity contribution in [3.8, 4) is 0 Å². The lowest BCUT2D eigenvalue weighted by Crippen LogP contribution is -2.10. The Morgan fingerprint density at radius 3 is 2.79 bits per heavy atom. The second-order valence-corrected chi connectivity index (χ2v) is 4.51. The van der Waals surface area contributed by atoms with Crippen molar-refractivity contribution >= 4 is 28.7 Å². The molecule has 0 aliphatic carbocycles. The number of aromatic nitrogens is 3. The van der Waals surface area contributed by atoms with Gasteiger partial charge in [0, 0.05) is 31.6 Å². The van der Waals surface area contributed by atoms with Crippen molar-refractivity contribution in [2.45, 2.75) is 6.42 Å². The molecule has 9 heteroatoms. The molecular formula is C10H12N6O2S. The zero-order chi connectivity index (χ0) is 13.7. The van der Waals surface area contributed by atoms with E-state index in [1.807, 2.05) is 5.38 Å². The van der Waals surface area contributed by atoms with Crippen LogP contribution in [-0.4, -0.2) is 33.5 Å². The number of nitrogens with one attached hydrogen (secondary N) is 2. The maximum absolute atomic E-state index is 11.0. The third-order valence-electron chi connectivity index (χ3n) is 2.36. The third kappa shape index (κ3) is 3.13. The van der Waals surface area contributed by atoms with Crippen LogP contribution in [0.3, 0.4) is 0 Å². The van der Waals surface area contributed by atoms with Gasteiger partial charge in [-0.15, -0.1) is 11.3 Å². The molecule has 0 unspecified atom stereocenters. The Hall–Kier alpha value is -2.29. The van der Waals surface area contributed by atoms with E-state index in [-0.39, 0.29) is 17.3 Å². The highest BCUT2D eigenvalue weighted by Gasteiger charge is 2.21. The smallest absolute Gasteiger partial charge is 0.353 e. The maximum atomic E-state index is 11.0. The molecule has 100 valence electrons. The lowest BCUT2D eigenvalue weighted by atomic mass is 10.4. The van der Waals surface area contributed by atoms with Gasteiger partial charge in [0.15, 0.2) is 0 Å². The van der Waals surface area contributed by atoms with E-state index in [1.54, 1.807) is 24.6 Å². The molecule has 0 fully saturated rings. The van der Waals surface area contributed by atoms with Crippen LogP contribution in [0.1, 0.15) is 5.01 Å². The first kappa shape index (κ1) is 13.1. The SMILES string of the molecule is CNc1ncnc(NCCc2nccs2)c1[N+](=O)[O-]. The fourth-order valence-electron chi connectivity index (χ4n) is 1.53. The van der Waals surface area contributed by atoms with Gasteiger partial charge in [-0.1, -0.05) is 0 Å². The first-order valence-electron chi connectivity index (χ1n) is 5.51. The number of anilines is 2. The molecule has 0 aromatic carbocycles. The molecular weight excluding hydrogens is 268 g/mol. The highest BCUT2D eigenvalue weighted by molar-refractivity contribution is 7.09. The number of thiazole rings is 1. The van der Waals surface area contributed by atoms with Crippen LogP contribution in [0.15, 0.2) is 17.9 Å². The Morgan fingerprint density at radius 2 is 2.16 bits per heavy atom. The molecule has 0 saturated carbocycles. The topological polar surface area (TPSA) is 106 Å². The van der Waals surface area contributed by atoms with E-state index in [0.29, 0.717) is 13.0 Å².